The van der Waals surface area contributed by atoms with Crippen molar-refractivity contribution < 1.29 is 4.79 Å². The van der Waals surface area contributed by atoms with Crippen molar-refractivity contribution in [3.63, 3.8) is 0 Å². The van der Waals surface area contributed by atoms with Crippen molar-refractivity contribution in [2.75, 3.05) is 5.32 Å². The highest BCUT2D eigenvalue weighted by Gasteiger charge is 2.17. The summed E-state index contributed by atoms with van der Waals surface area (Å²) in [6.07, 6.45) is 13.8. The van der Waals surface area contributed by atoms with Gasteiger partial charge in [-0.15, -0.1) is 0 Å². The minimum atomic E-state index is 0.0964. The number of pyridine rings is 1. The molecule has 1 amide bonds. The summed E-state index contributed by atoms with van der Waals surface area (Å²) < 4.78 is 1.83. The Morgan fingerprint density at radius 3 is 2.81 bits per heavy atom. The number of nitrogens with one attached hydrogen (secondary N) is 1. The van der Waals surface area contributed by atoms with Crippen LogP contribution in [-0.4, -0.2) is 20.4 Å². The van der Waals surface area contributed by atoms with E-state index in [0.29, 0.717) is 12.3 Å². The van der Waals surface area contributed by atoms with E-state index < -0.39 is 0 Å². The van der Waals surface area contributed by atoms with E-state index in [2.05, 4.69) is 15.3 Å². The van der Waals surface area contributed by atoms with E-state index in [-0.39, 0.29) is 5.91 Å². The molecule has 1 saturated carbocycles. The Kier molecular flexibility index (Phi) is 4.28. The van der Waals surface area contributed by atoms with Gasteiger partial charge in [-0.1, -0.05) is 19.3 Å². The highest BCUT2D eigenvalue weighted by atomic mass is 16.1. The summed E-state index contributed by atoms with van der Waals surface area (Å²) in [6, 6.07) is 3.75. The van der Waals surface area contributed by atoms with E-state index in [4.69, 9.17) is 0 Å². The summed E-state index contributed by atoms with van der Waals surface area (Å²) in [5, 5.41) is 2.94. The van der Waals surface area contributed by atoms with Gasteiger partial charge in [0.1, 0.15) is 12.1 Å². The SMILES string of the molecule is O=C(CC1CCCCC1)Nc1ccc(-n2ccnc2)nc1. The lowest BCUT2D eigenvalue weighted by Crippen LogP contribution is -2.18. The molecule has 0 spiro atoms. The molecule has 0 bridgehead atoms. The number of hydrogen-bond acceptors (Lipinski definition) is 3. The van der Waals surface area contributed by atoms with E-state index in [1.54, 1.807) is 18.7 Å². The van der Waals surface area contributed by atoms with Crippen LogP contribution in [0.25, 0.3) is 5.82 Å². The van der Waals surface area contributed by atoms with Crippen molar-refractivity contribution in [1.82, 2.24) is 14.5 Å². The number of carbonyl (C=O) groups is 1. The van der Waals surface area contributed by atoms with Gasteiger partial charge in [0.15, 0.2) is 0 Å². The van der Waals surface area contributed by atoms with Crippen molar-refractivity contribution in [3.05, 3.63) is 37.1 Å². The van der Waals surface area contributed by atoms with Crippen LogP contribution in [0.4, 0.5) is 5.69 Å². The number of aromatic nitrogens is 3. The van der Waals surface area contributed by atoms with Gasteiger partial charge < -0.3 is 5.32 Å². The van der Waals surface area contributed by atoms with Crippen LogP contribution >= 0.6 is 0 Å². The summed E-state index contributed by atoms with van der Waals surface area (Å²) >= 11 is 0. The number of anilines is 1. The summed E-state index contributed by atoms with van der Waals surface area (Å²) in [6.45, 7) is 0. The third-order valence-corrected chi connectivity index (χ3v) is 4.00. The highest BCUT2D eigenvalue weighted by molar-refractivity contribution is 5.90. The van der Waals surface area contributed by atoms with Crippen LogP contribution in [0.1, 0.15) is 38.5 Å². The van der Waals surface area contributed by atoms with Crippen LogP contribution in [0.2, 0.25) is 0 Å². The Balaban J connectivity index is 1.56. The molecule has 2 heterocycles. The molecule has 1 aliphatic rings. The number of rotatable bonds is 4. The van der Waals surface area contributed by atoms with Crippen molar-refractivity contribution in [1.29, 1.82) is 0 Å². The second kappa shape index (κ2) is 6.52. The maximum atomic E-state index is 12.0. The molecule has 2 aromatic rings. The molecular formula is C16H20N4O. The van der Waals surface area contributed by atoms with E-state index >= 15 is 0 Å². The molecule has 5 nitrogen and oxygen atoms in total. The summed E-state index contributed by atoms with van der Waals surface area (Å²) in [4.78, 5) is 20.4. The van der Waals surface area contributed by atoms with Crippen LogP contribution in [0.15, 0.2) is 37.1 Å². The fourth-order valence-corrected chi connectivity index (χ4v) is 2.87. The zero-order chi connectivity index (χ0) is 14.5. The van der Waals surface area contributed by atoms with Crippen molar-refractivity contribution in [3.8, 4) is 5.82 Å². The number of nitrogens with zero attached hydrogens (tertiary/aromatic N) is 3. The van der Waals surface area contributed by atoms with Gasteiger partial charge in [0.25, 0.3) is 0 Å². The highest BCUT2D eigenvalue weighted by Crippen LogP contribution is 2.26. The average Bonchev–Trinajstić information content (AvgIpc) is 3.03. The van der Waals surface area contributed by atoms with Gasteiger partial charge in [-0.25, -0.2) is 9.97 Å². The zero-order valence-corrected chi connectivity index (χ0v) is 12.0. The third kappa shape index (κ3) is 3.68. The number of hydrogen-bond donors (Lipinski definition) is 1. The largest absolute Gasteiger partial charge is 0.325 e. The van der Waals surface area contributed by atoms with Crippen molar-refractivity contribution >= 4 is 11.6 Å². The van der Waals surface area contributed by atoms with Gasteiger partial charge in [0.05, 0.1) is 11.9 Å². The normalized spacial score (nSPS) is 15.8. The van der Waals surface area contributed by atoms with Gasteiger partial charge in [-0.3, -0.25) is 9.36 Å². The fourth-order valence-electron chi connectivity index (χ4n) is 2.87. The predicted octanol–water partition coefficient (Wildman–Crippen LogP) is 3.18. The lowest BCUT2D eigenvalue weighted by Gasteiger charge is -2.20. The second-order valence-electron chi connectivity index (χ2n) is 5.63. The first kappa shape index (κ1) is 13.8. The molecule has 0 saturated heterocycles. The molecule has 1 fully saturated rings. The van der Waals surface area contributed by atoms with E-state index in [1.165, 1.54) is 32.1 Å². The Morgan fingerprint density at radius 1 is 1.29 bits per heavy atom. The van der Waals surface area contributed by atoms with E-state index in [1.807, 2.05) is 22.9 Å². The summed E-state index contributed by atoms with van der Waals surface area (Å²) in [5.41, 5.74) is 0.750. The first-order chi connectivity index (χ1) is 10.3. The van der Waals surface area contributed by atoms with Crippen LogP contribution in [0, 0.1) is 5.92 Å². The van der Waals surface area contributed by atoms with Gasteiger partial charge in [-0.2, -0.15) is 0 Å². The topological polar surface area (TPSA) is 59.8 Å². The first-order valence-corrected chi connectivity index (χ1v) is 7.55. The maximum absolute atomic E-state index is 12.0. The van der Waals surface area contributed by atoms with E-state index in [0.717, 1.165) is 11.5 Å². The molecule has 1 N–H and O–H groups in total. The van der Waals surface area contributed by atoms with Gasteiger partial charge >= 0.3 is 0 Å². The second-order valence-corrected chi connectivity index (χ2v) is 5.63. The van der Waals surface area contributed by atoms with Gasteiger partial charge in [0, 0.05) is 18.8 Å². The zero-order valence-electron chi connectivity index (χ0n) is 12.0. The quantitative estimate of drug-likeness (QED) is 0.938. The van der Waals surface area contributed by atoms with Crippen molar-refractivity contribution in [2.24, 2.45) is 5.92 Å². The Bertz CT molecular complexity index is 571. The Labute approximate surface area is 124 Å². The first-order valence-electron chi connectivity index (χ1n) is 7.55. The van der Waals surface area contributed by atoms with Gasteiger partial charge in [0.2, 0.25) is 5.91 Å². The molecule has 0 radical (unpaired) electrons. The fraction of sp³-hybridized carbons (Fsp3) is 0.438. The molecular weight excluding hydrogens is 264 g/mol. The average molecular weight is 284 g/mol. The van der Waals surface area contributed by atoms with E-state index in [9.17, 15) is 4.79 Å². The Hall–Kier alpha value is -2.17. The molecule has 2 aromatic heterocycles. The molecule has 0 aliphatic heterocycles. The summed E-state index contributed by atoms with van der Waals surface area (Å²) in [5.74, 6) is 1.44. The molecule has 3 rings (SSSR count). The molecule has 0 atom stereocenters. The summed E-state index contributed by atoms with van der Waals surface area (Å²) in [7, 11) is 0. The van der Waals surface area contributed by atoms with Gasteiger partial charge in [-0.05, 0) is 30.9 Å². The monoisotopic (exact) mass is 284 g/mol. The third-order valence-electron chi connectivity index (χ3n) is 4.00. The maximum Gasteiger partial charge on any atom is 0.224 e. The minimum Gasteiger partial charge on any atom is -0.325 e. The smallest absolute Gasteiger partial charge is 0.224 e. The standard InChI is InChI=1S/C16H20N4O/c21-16(10-13-4-2-1-3-5-13)19-14-6-7-15(18-11-14)20-9-8-17-12-20/h6-9,11-13H,1-5,10H2,(H,19,21). The lowest BCUT2D eigenvalue weighted by molar-refractivity contribution is -0.117. The minimum absolute atomic E-state index is 0.0964. The molecule has 5 heteroatoms. The Morgan fingerprint density at radius 2 is 2.14 bits per heavy atom. The molecule has 21 heavy (non-hydrogen) atoms. The predicted molar refractivity (Wildman–Crippen MR) is 81.2 cm³/mol. The van der Waals surface area contributed by atoms with Crippen LogP contribution < -0.4 is 5.32 Å². The molecule has 0 unspecified atom stereocenters. The number of carbonyl (C=O) groups excluding carboxylic acids is 1. The molecule has 0 aromatic carbocycles. The van der Waals surface area contributed by atoms with Crippen molar-refractivity contribution in [2.45, 2.75) is 38.5 Å². The molecule has 110 valence electrons. The van der Waals surface area contributed by atoms with Crippen LogP contribution in [0.3, 0.4) is 0 Å². The number of amides is 1. The van der Waals surface area contributed by atoms with Crippen LogP contribution in [0.5, 0.6) is 0 Å². The molecule has 1 aliphatic carbocycles. The lowest BCUT2D eigenvalue weighted by atomic mass is 9.87. The van der Waals surface area contributed by atoms with Crippen LogP contribution in [-0.2, 0) is 4.79 Å². The number of imidazole rings is 1.